The van der Waals surface area contributed by atoms with Crippen molar-refractivity contribution in [3.8, 4) is 0 Å². The molecule has 0 aromatic heterocycles. The maximum absolute atomic E-state index is 12.7. The van der Waals surface area contributed by atoms with Crippen LogP contribution in [0.2, 0.25) is 0 Å². The van der Waals surface area contributed by atoms with Gasteiger partial charge in [0, 0.05) is 17.7 Å². The van der Waals surface area contributed by atoms with Gasteiger partial charge in [-0.15, -0.1) is 0 Å². The van der Waals surface area contributed by atoms with Crippen molar-refractivity contribution in [2.45, 2.75) is 20.3 Å². The highest BCUT2D eigenvalue weighted by molar-refractivity contribution is 6.14. The summed E-state index contributed by atoms with van der Waals surface area (Å²) in [6.07, 6.45) is 0.781. The molecule has 0 heterocycles. The van der Waals surface area contributed by atoms with Crippen molar-refractivity contribution in [2.24, 2.45) is 5.92 Å². The maximum Gasteiger partial charge on any atom is 0.339 e. The molecule has 7 heteroatoms. The molecule has 0 unspecified atom stereocenters. The van der Waals surface area contributed by atoms with Gasteiger partial charge in [0.05, 0.1) is 5.56 Å². The van der Waals surface area contributed by atoms with Crippen LogP contribution in [0.25, 0.3) is 0 Å². The van der Waals surface area contributed by atoms with Crippen LogP contribution < -0.4 is 10.6 Å². The topological polar surface area (TPSA) is 102 Å². The molecule has 2 aromatic carbocycles. The van der Waals surface area contributed by atoms with E-state index in [9.17, 15) is 19.2 Å². The molecular formula is C22H24N2O5. The first kappa shape index (κ1) is 21.8. The third-order valence-electron chi connectivity index (χ3n) is 4.02. The molecule has 0 spiro atoms. The Morgan fingerprint density at radius 2 is 1.52 bits per heavy atom. The summed E-state index contributed by atoms with van der Waals surface area (Å²) in [5.41, 5.74) is 0.662. The molecule has 0 atom stereocenters. The van der Waals surface area contributed by atoms with Crippen LogP contribution in [0.3, 0.4) is 0 Å². The van der Waals surface area contributed by atoms with E-state index in [-0.39, 0.29) is 16.9 Å². The Morgan fingerprint density at radius 3 is 2.17 bits per heavy atom. The number of ketones is 1. The van der Waals surface area contributed by atoms with Gasteiger partial charge in [-0.1, -0.05) is 62.4 Å². The minimum atomic E-state index is -0.819. The fraction of sp³-hybridized carbons (Fsp3) is 0.273. The summed E-state index contributed by atoms with van der Waals surface area (Å²) in [6, 6.07) is 14.1. The van der Waals surface area contributed by atoms with E-state index in [1.165, 1.54) is 12.1 Å². The van der Waals surface area contributed by atoms with E-state index >= 15 is 0 Å². The molecule has 0 saturated heterocycles. The Morgan fingerprint density at radius 1 is 0.897 bits per heavy atom. The number of nitrogens with one attached hydrogen (secondary N) is 2. The Hall–Kier alpha value is -3.48. The molecular weight excluding hydrogens is 372 g/mol. The molecule has 2 aromatic rings. The molecule has 3 amide bonds. The van der Waals surface area contributed by atoms with E-state index < -0.39 is 24.5 Å². The van der Waals surface area contributed by atoms with Crippen LogP contribution in [0.15, 0.2) is 54.6 Å². The number of imide groups is 1. The minimum absolute atomic E-state index is 0.0514. The zero-order valence-corrected chi connectivity index (χ0v) is 16.4. The standard InChI is InChI=1S/C22H24N2O5/c1-15(2)12-13-23-22(28)24-19(25)14-29-21(27)18-11-7-6-10-17(18)20(26)16-8-4-3-5-9-16/h3-11,15H,12-14H2,1-2H3,(H2,23,24,25,28). The zero-order valence-electron chi connectivity index (χ0n) is 16.4. The summed E-state index contributed by atoms with van der Waals surface area (Å²) >= 11 is 0. The fourth-order valence-electron chi connectivity index (χ4n) is 2.49. The Bertz CT molecular complexity index is 878. The summed E-state index contributed by atoms with van der Waals surface area (Å²) < 4.78 is 4.98. The first-order chi connectivity index (χ1) is 13.9. The van der Waals surface area contributed by atoms with E-state index in [2.05, 4.69) is 10.6 Å². The van der Waals surface area contributed by atoms with Gasteiger partial charge in [-0.2, -0.15) is 0 Å². The second kappa shape index (κ2) is 10.8. The smallest absolute Gasteiger partial charge is 0.339 e. The normalized spacial score (nSPS) is 10.3. The SMILES string of the molecule is CC(C)CCNC(=O)NC(=O)COC(=O)c1ccccc1C(=O)c1ccccc1. The monoisotopic (exact) mass is 396 g/mol. The summed E-state index contributed by atoms with van der Waals surface area (Å²) in [4.78, 5) is 48.5. The van der Waals surface area contributed by atoms with Crippen LogP contribution in [0, 0.1) is 5.92 Å². The average Bonchev–Trinajstić information content (AvgIpc) is 2.71. The van der Waals surface area contributed by atoms with Crippen molar-refractivity contribution in [1.82, 2.24) is 10.6 Å². The first-order valence-corrected chi connectivity index (χ1v) is 9.32. The lowest BCUT2D eigenvalue weighted by Crippen LogP contribution is -2.42. The van der Waals surface area contributed by atoms with Crippen molar-refractivity contribution < 1.29 is 23.9 Å². The quantitative estimate of drug-likeness (QED) is 0.528. The molecule has 0 radical (unpaired) electrons. The van der Waals surface area contributed by atoms with Crippen LogP contribution in [-0.2, 0) is 9.53 Å². The van der Waals surface area contributed by atoms with Crippen LogP contribution >= 0.6 is 0 Å². The van der Waals surface area contributed by atoms with E-state index in [1.807, 2.05) is 13.8 Å². The van der Waals surface area contributed by atoms with Crippen LogP contribution in [0.1, 0.15) is 46.5 Å². The van der Waals surface area contributed by atoms with Crippen molar-refractivity contribution in [3.63, 3.8) is 0 Å². The average molecular weight is 396 g/mol. The lowest BCUT2D eigenvalue weighted by Gasteiger charge is -2.10. The highest BCUT2D eigenvalue weighted by atomic mass is 16.5. The molecule has 152 valence electrons. The van der Waals surface area contributed by atoms with Crippen LogP contribution in [0.4, 0.5) is 4.79 Å². The number of carbonyl (C=O) groups excluding carboxylic acids is 4. The molecule has 2 N–H and O–H groups in total. The van der Waals surface area contributed by atoms with Gasteiger partial charge < -0.3 is 10.1 Å². The van der Waals surface area contributed by atoms with Crippen molar-refractivity contribution >= 4 is 23.7 Å². The number of rotatable bonds is 8. The number of hydrogen-bond acceptors (Lipinski definition) is 5. The fourth-order valence-corrected chi connectivity index (χ4v) is 2.49. The number of ether oxygens (including phenoxy) is 1. The van der Waals surface area contributed by atoms with Gasteiger partial charge in [-0.3, -0.25) is 14.9 Å². The largest absolute Gasteiger partial charge is 0.452 e. The first-order valence-electron chi connectivity index (χ1n) is 9.32. The van der Waals surface area contributed by atoms with Gasteiger partial charge in [-0.25, -0.2) is 9.59 Å². The van der Waals surface area contributed by atoms with E-state index in [0.717, 1.165) is 6.42 Å². The van der Waals surface area contributed by atoms with Crippen molar-refractivity contribution in [3.05, 3.63) is 71.3 Å². The predicted octanol–water partition coefficient (Wildman–Crippen LogP) is 2.95. The van der Waals surface area contributed by atoms with Crippen molar-refractivity contribution in [2.75, 3.05) is 13.2 Å². The Labute approximate surface area is 169 Å². The third kappa shape index (κ3) is 6.88. The van der Waals surface area contributed by atoms with Gasteiger partial charge in [0.1, 0.15) is 0 Å². The van der Waals surface area contributed by atoms with Crippen LogP contribution in [0.5, 0.6) is 0 Å². The highest BCUT2D eigenvalue weighted by Gasteiger charge is 2.20. The molecule has 0 bridgehead atoms. The minimum Gasteiger partial charge on any atom is -0.452 e. The van der Waals surface area contributed by atoms with Gasteiger partial charge >= 0.3 is 12.0 Å². The third-order valence-corrected chi connectivity index (χ3v) is 4.02. The Kier molecular flexibility index (Phi) is 8.09. The van der Waals surface area contributed by atoms with Gasteiger partial charge in [0.25, 0.3) is 5.91 Å². The molecule has 0 aliphatic carbocycles. The molecule has 7 nitrogen and oxygen atoms in total. The molecule has 0 aliphatic heterocycles. The van der Waals surface area contributed by atoms with Gasteiger partial charge in [0.15, 0.2) is 12.4 Å². The summed E-state index contributed by atoms with van der Waals surface area (Å²) in [5, 5.41) is 4.64. The molecule has 0 fully saturated rings. The molecule has 2 rings (SSSR count). The number of carbonyl (C=O) groups is 4. The zero-order chi connectivity index (χ0) is 21.2. The lowest BCUT2D eigenvalue weighted by molar-refractivity contribution is -0.123. The van der Waals surface area contributed by atoms with Crippen LogP contribution in [-0.4, -0.2) is 36.8 Å². The summed E-state index contributed by atoms with van der Waals surface area (Å²) in [7, 11) is 0. The van der Waals surface area contributed by atoms with E-state index in [1.54, 1.807) is 42.5 Å². The lowest BCUT2D eigenvalue weighted by atomic mass is 9.98. The highest BCUT2D eigenvalue weighted by Crippen LogP contribution is 2.15. The van der Waals surface area contributed by atoms with E-state index in [4.69, 9.17) is 4.74 Å². The summed E-state index contributed by atoms with van der Waals surface area (Å²) in [6.45, 7) is 3.84. The number of hydrogen-bond donors (Lipinski definition) is 2. The number of amides is 3. The second-order valence-corrected chi connectivity index (χ2v) is 6.80. The predicted molar refractivity (Wildman–Crippen MR) is 108 cm³/mol. The summed E-state index contributed by atoms with van der Waals surface area (Å²) in [5.74, 6) is -1.48. The molecule has 29 heavy (non-hydrogen) atoms. The second-order valence-electron chi connectivity index (χ2n) is 6.80. The maximum atomic E-state index is 12.7. The number of urea groups is 1. The molecule has 0 aliphatic rings. The van der Waals surface area contributed by atoms with Gasteiger partial charge in [0.2, 0.25) is 0 Å². The Balaban J connectivity index is 1.94. The number of benzene rings is 2. The van der Waals surface area contributed by atoms with Gasteiger partial charge in [-0.05, 0) is 18.4 Å². The van der Waals surface area contributed by atoms with E-state index in [0.29, 0.717) is 18.0 Å². The van der Waals surface area contributed by atoms with Crippen molar-refractivity contribution in [1.29, 1.82) is 0 Å². The molecule has 0 saturated carbocycles. The number of esters is 1.